The Bertz CT molecular complexity index is 1950. The van der Waals surface area contributed by atoms with E-state index in [1.165, 1.54) is 19.5 Å². The molecule has 1 aromatic heterocycles. The van der Waals surface area contributed by atoms with Crippen LogP contribution in [0.1, 0.15) is 17.5 Å². The molecule has 0 aliphatic carbocycles. The highest BCUT2D eigenvalue weighted by Crippen LogP contribution is 2.30. The molecule has 3 aromatic carbocycles. The summed E-state index contributed by atoms with van der Waals surface area (Å²) in [6.45, 7) is 1.44. The molecule has 0 amide bonds. The smallest absolute Gasteiger partial charge is 0.316 e. The van der Waals surface area contributed by atoms with Gasteiger partial charge in [-0.2, -0.15) is 18.4 Å². The minimum atomic E-state index is -3.61. The number of hydrogen-bond donors (Lipinski definition) is 0. The average molecular weight is 684 g/mol. The normalized spacial score (nSPS) is 18.1. The number of anilines is 1. The van der Waals surface area contributed by atoms with Gasteiger partial charge in [0.15, 0.2) is 0 Å². The van der Waals surface area contributed by atoms with Crippen molar-refractivity contribution in [2.75, 3.05) is 44.2 Å². The standard InChI is InChI=1S/C32H34ClN5O6S2/c33-27-12-7-13-28(20-27)38-32(39)31(44-29-14-15-37(22-29)46(42,43)24-26-10-5-2-6-11-26)30(21-34-38)35-16-18-36(19-17-35)45(40,41)23-25-8-3-1-4-9-25/h1-13,20-21,29H,14-19,22-24H2. The summed E-state index contributed by atoms with van der Waals surface area (Å²) < 4.78 is 63.1. The van der Waals surface area contributed by atoms with E-state index in [4.69, 9.17) is 16.3 Å². The number of sulfonamides is 2. The molecule has 1 unspecified atom stereocenters. The Labute approximate surface area is 273 Å². The minimum absolute atomic E-state index is 0.0304. The zero-order chi connectivity index (χ0) is 32.3. The molecular weight excluding hydrogens is 650 g/mol. The van der Waals surface area contributed by atoms with E-state index in [0.717, 1.165) is 0 Å². The lowest BCUT2D eigenvalue weighted by molar-refractivity contribution is 0.211. The average Bonchev–Trinajstić information content (AvgIpc) is 3.53. The number of nitrogens with zero attached hydrogens (tertiary/aromatic N) is 5. The van der Waals surface area contributed by atoms with Gasteiger partial charge >= 0.3 is 5.56 Å². The van der Waals surface area contributed by atoms with E-state index in [1.807, 2.05) is 29.2 Å². The van der Waals surface area contributed by atoms with Gasteiger partial charge in [0, 0.05) is 37.7 Å². The van der Waals surface area contributed by atoms with Crippen molar-refractivity contribution in [3.63, 3.8) is 0 Å². The maximum absolute atomic E-state index is 13.9. The summed E-state index contributed by atoms with van der Waals surface area (Å²) in [5, 5.41) is 4.84. The van der Waals surface area contributed by atoms with Crippen molar-refractivity contribution >= 4 is 37.3 Å². The molecule has 242 valence electrons. The molecule has 2 aliphatic heterocycles. The SMILES string of the molecule is O=c1c(OC2CCN(S(=O)(=O)Cc3ccccc3)C2)c(N2CCN(S(=O)(=O)Cc3ccccc3)CC2)cnn1-c1cccc(Cl)c1. The molecule has 46 heavy (non-hydrogen) atoms. The number of rotatable bonds is 10. The fourth-order valence-electron chi connectivity index (χ4n) is 5.73. The topological polar surface area (TPSA) is 122 Å². The lowest BCUT2D eigenvalue weighted by Crippen LogP contribution is -2.49. The summed E-state index contributed by atoms with van der Waals surface area (Å²) in [7, 11) is -7.16. The Morgan fingerprint density at radius 2 is 1.37 bits per heavy atom. The Morgan fingerprint density at radius 1 is 0.761 bits per heavy atom. The van der Waals surface area contributed by atoms with Crippen molar-refractivity contribution in [3.8, 4) is 11.4 Å². The number of aromatic nitrogens is 2. The van der Waals surface area contributed by atoms with Crippen LogP contribution in [-0.4, -0.2) is 80.6 Å². The quantitative estimate of drug-likeness (QED) is 0.249. The summed E-state index contributed by atoms with van der Waals surface area (Å²) in [6, 6.07) is 24.7. The van der Waals surface area contributed by atoms with Crippen LogP contribution in [0.5, 0.6) is 5.75 Å². The monoisotopic (exact) mass is 683 g/mol. The van der Waals surface area contributed by atoms with Gasteiger partial charge in [0.2, 0.25) is 25.8 Å². The molecule has 14 heteroatoms. The maximum atomic E-state index is 13.9. The van der Waals surface area contributed by atoms with E-state index in [9.17, 15) is 21.6 Å². The number of ether oxygens (including phenoxy) is 1. The lowest BCUT2D eigenvalue weighted by atomic mass is 10.2. The molecular formula is C32H34ClN5O6S2. The summed E-state index contributed by atoms with van der Waals surface area (Å²) in [5.74, 6) is -0.187. The molecule has 4 aromatic rings. The summed E-state index contributed by atoms with van der Waals surface area (Å²) >= 11 is 6.20. The van der Waals surface area contributed by atoms with Gasteiger partial charge in [0.05, 0.1) is 29.9 Å². The van der Waals surface area contributed by atoms with Crippen LogP contribution in [0.2, 0.25) is 5.02 Å². The maximum Gasteiger partial charge on any atom is 0.316 e. The van der Waals surface area contributed by atoms with Crippen molar-refractivity contribution in [1.29, 1.82) is 0 Å². The molecule has 6 rings (SSSR count). The molecule has 2 saturated heterocycles. The van der Waals surface area contributed by atoms with Crippen LogP contribution >= 0.6 is 11.6 Å². The second-order valence-corrected chi connectivity index (χ2v) is 15.7. The van der Waals surface area contributed by atoms with Gasteiger partial charge in [-0.15, -0.1) is 0 Å². The number of piperazine rings is 1. The van der Waals surface area contributed by atoms with Crippen LogP contribution in [0.15, 0.2) is 95.9 Å². The number of halogens is 1. The number of hydrogen-bond acceptors (Lipinski definition) is 8. The molecule has 0 saturated carbocycles. The highest BCUT2D eigenvalue weighted by atomic mass is 35.5. The van der Waals surface area contributed by atoms with Gasteiger partial charge in [-0.3, -0.25) is 4.79 Å². The molecule has 2 fully saturated rings. The van der Waals surface area contributed by atoms with E-state index in [1.54, 1.807) is 60.7 Å². The summed E-state index contributed by atoms with van der Waals surface area (Å²) in [6.07, 6.45) is 1.36. The van der Waals surface area contributed by atoms with Crippen molar-refractivity contribution in [2.24, 2.45) is 0 Å². The Kier molecular flexibility index (Phi) is 9.48. The van der Waals surface area contributed by atoms with Gasteiger partial charge in [-0.25, -0.2) is 16.8 Å². The Morgan fingerprint density at radius 3 is 1.98 bits per heavy atom. The van der Waals surface area contributed by atoms with Gasteiger partial charge in [-0.05, 0) is 35.7 Å². The zero-order valence-corrected chi connectivity index (χ0v) is 27.4. The third-order valence-corrected chi connectivity index (χ3v) is 12.0. The lowest BCUT2D eigenvalue weighted by Gasteiger charge is -2.36. The third kappa shape index (κ3) is 7.29. The molecule has 0 radical (unpaired) electrons. The second kappa shape index (κ2) is 13.5. The number of benzene rings is 3. The van der Waals surface area contributed by atoms with Gasteiger partial charge in [0.1, 0.15) is 11.8 Å². The van der Waals surface area contributed by atoms with Gasteiger partial charge in [-0.1, -0.05) is 78.3 Å². The fourth-order valence-corrected chi connectivity index (χ4v) is 9.00. The molecule has 0 N–H and O–H groups in total. The van der Waals surface area contributed by atoms with Crippen molar-refractivity contribution in [3.05, 3.63) is 118 Å². The van der Waals surface area contributed by atoms with Crippen LogP contribution in [0.25, 0.3) is 5.69 Å². The van der Waals surface area contributed by atoms with Crippen LogP contribution < -0.4 is 15.2 Å². The Hall–Kier alpha value is -3.75. The third-order valence-electron chi connectivity index (χ3n) is 8.11. The first-order chi connectivity index (χ1) is 22.1. The van der Waals surface area contributed by atoms with Crippen molar-refractivity contribution in [2.45, 2.75) is 24.0 Å². The van der Waals surface area contributed by atoms with E-state index in [0.29, 0.717) is 47.0 Å². The first-order valence-electron chi connectivity index (χ1n) is 14.9. The van der Waals surface area contributed by atoms with Crippen LogP contribution in [0.3, 0.4) is 0 Å². The highest BCUT2D eigenvalue weighted by molar-refractivity contribution is 7.88. The first-order valence-corrected chi connectivity index (χ1v) is 18.5. The van der Waals surface area contributed by atoms with Crippen LogP contribution in [-0.2, 0) is 31.6 Å². The summed E-state index contributed by atoms with van der Waals surface area (Å²) in [4.78, 5) is 15.8. The van der Waals surface area contributed by atoms with Gasteiger partial charge < -0.3 is 9.64 Å². The largest absolute Gasteiger partial charge is 0.481 e. The van der Waals surface area contributed by atoms with Gasteiger partial charge in [0.25, 0.3) is 0 Å². The van der Waals surface area contributed by atoms with E-state index < -0.39 is 31.7 Å². The molecule has 0 bridgehead atoms. The molecule has 2 aliphatic rings. The predicted octanol–water partition coefficient (Wildman–Crippen LogP) is 3.52. The van der Waals surface area contributed by atoms with E-state index in [2.05, 4.69) is 5.10 Å². The first kappa shape index (κ1) is 32.2. The van der Waals surface area contributed by atoms with E-state index in [-0.39, 0.29) is 43.4 Å². The van der Waals surface area contributed by atoms with Crippen LogP contribution in [0, 0.1) is 0 Å². The fraction of sp³-hybridized carbons (Fsp3) is 0.312. The highest BCUT2D eigenvalue weighted by Gasteiger charge is 2.35. The molecule has 11 nitrogen and oxygen atoms in total. The van der Waals surface area contributed by atoms with Crippen molar-refractivity contribution < 1.29 is 21.6 Å². The zero-order valence-electron chi connectivity index (χ0n) is 25.0. The van der Waals surface area contributed by atoms with Crippen molar-refractivity contribution in [1.82, 2.24) is 18.4 Å². The minimum Gasteiger partial charge on any atom is -0.481 e. The predicted molar refractivity (Wildman–Crippen MR) is 177 cm³/mol. The molecule has 3 heterocycles. The summed E-state index contributed by atoms with van der Waals surface area (Å²) in [5.41, 5.74) is 1.76. The van der Waals surface area contributed by atoms with E-state index >= 15 is 0 Å². The molecule has 1 atom stereocenters. The van der Waals surface area contributed by atoms with Crippen LogP contribution in [0.4, 0.5) is 5.69 Å². The second-order valence-electron chi connectivity index (χ2n) is 11.3. The molecule has 0 spiro atoms. The Balaban J connectivity index is 1.23.